The second-order valence-corrected chi connectivity index (χ2v) is 6.42. The van der Waals surface area contributed by atoms with Gasteiger partial charge in [-0.15, -0.1) is 5.10 Å². The summed E-state index contributed by atoms with van der Waals surface area (Å²) < 4.78 is 24.1. The lowest BCUT2D eigenvalue weighted by atomic mass is 10.1. The first-order valence-electron chi connectivity index (χ1n) is 5.84. The molecule has 1 aliphatic rings. The van der Waals surface area contributed by atoms with E-state index >= 15 is 0 Å². The van der Waals surface area contributed by atoms with E-state index in [2.05, 4.69) is 15.5 Å². The number of piperidine rings is 1. The monoisotopic (exact) mass is 255 g/mol. The van der Waals surface area contributed by atoms with Gasteiger partial charge in [-0.1, -0.05) is 6.42 Å². The quantitative estimate of drug-likeness (QED) is 0.861. The molecule has 1 aromatic heterocycles. The van der Waals surface area contributed by atoms with Crippen LogP contribution in [0.4, 0.5) is 0 Å². The number of aromatic nitrogens is 2. The highest BCUT2D eigenvalue weighted by atomic mass is 32.2. The maximum Gasteiger partial charge on any atom is 0.198 e. The molecule has 1 aromatic rings. The minimum absolute atomic E-state index is 0.0526. The van der Waals surface area contributed by atoms with Gasteiger partial charge in [0.2, 0.25) is 0 Å². The molecule has 1 fully saturated rings. The van der Waals surface area contributed by atoms with Crippen LogP contribution in [0.25, 0.3) is 0 Å². The zero-order valence-corrected chi connectivity index (χ0v) is 10.7. The van der Waals surface area contributed by atoms with Gasteiger partial charge in [-0.2, -0.15) is 5.10 Å². The predicted molar refractivity (Wildman–Crippen MR) is 64.5 cm³/mol. The van der Waals surface area contributed by atoms with E-state index in [1.165, 1.54) is 6.07 Å². The van der Waals surface area contributed by atoms with Crippen LogP contribution in [-0.2, 0) is 9.84 Å². The summed E-state index contributed by atoms with van der Waals surface area (Å²) >= 11 is 0. The van der Waals surface area contributed by atoms with E-state index in [0.29, 0.717) is 0 Å². The Morgan fingerprint density at radius 1 is 1.35 bits per heavy atom. The second-order valence-electron chi connectivity index (χ2n) is 4.44. The van der Waals surface area contributed by atoms with E-state index in [1.807, 2.05) is 0 Å². The fourth-order valence-electron chi connectivity index (χ4n) is 1.97. The maximum atomic E-state index is 12.1. The smallest absolute Gasteiger partial charge is 0.198 e. The highest BCUT2D eigenvalue weighted by Gasteiger charge is 2.23. The number of nitrogens with one attached hydrogen (secondary N) is 1. The molecule has 5 nitrogen and oxygen atoms in total. The van der Waals surface area contributed by atoms with Crippen LogP contribution in [0.5, 0.6) is 0 Å². The predicted octanol–water partition coefficient (Wildman–Crippen LogP) is 0.701. The van der Waals surface area contributed by atoms with E-state index in [0.717, 1.165) is 31.5 Å². The van der Waals surface area contributed by atoms with E-state index in [1.54, 1.807) is 13.0 Å². The van der Waals surface area contributed by atoms with Crippen molar-refractivity contribution < 1.29 is 8.42 Å². The Bertz CT molecular complexity index is 464. The molecule has 1 N–H and O–H groups in total. The van der Waals surface area contributed by atoms with Gasteiger partial charge in [0.25, 0.3) is 0 Å². The Labute approximate surface area is 102 Å². The van der Waals surface area contributed by atoms with Gasteiger partial charge in [0.05, 0.1) is 11.4 Å². The summed E-state index contributed by atoms with van der Waals surface area (Å²) in [6, 6.07) is 3.26. The summed E-state index contributed by atoms with van der Waals surface area (Å²) in [4.78, 5) is 0. The number of aryl methyl sites for hydroxylation is 1. The van der Waals surface area contributed by atoms with Gasteiger partial charge < -0.3 is 5.32 Å². The molecule has 0 spiro atoms. The van der Waals surface area contributed by atoms with Crippen LogP contribution in [0.1, 0.15) is 25.0 Å². The first kappa shape index (κ1) is 12.4. The van der Waals surface area contributed by atoms with Gasteiger partial charge in [-0.25, -0.2) is 8.42 Å². The Hall–Kier alpha value is -1.01. The van der Waals surface area contributed by atoms with Crippen LogP contribution < -0.4 is 5.32 Å². The molecule has 0 amide bonds. The molecule has 0 saturated carbocycles. The molecule has 0 radical (unpaired) electrons. The first-order valence-corrected chi connectivity index (χ1v) is 7.50. The highest BCUT2D eigenvalue weighted by Crippen LogP contribution is 2.13. The Balaban J connectivity index is 2.10. The molecule has 0 aromatic carbocycles. The van der Waals surface area contributed by atoms with Crippen molar-refractivity contribution in [1.82, 2.24) is 15.5 Å². The molecule has 6 heteroatoms. The number of hydrogen-bond acceptors (Lipinski definition) is 5. The standard InChI is InChI=1S/C11H17N3O2S/c1-9-5-6-11(14-13-9)17(15,16)8-10-4-2-3-7-12-10/h5-6,10,12H,2-4,7-8H2,1H3/t10-/m1/s1. The van der Waals surface area contributed by atoms with Crippen molar-refractivity contribution in [3.05, 3.63) is 17.8 Å². The van der Waals surface area contributed by atoms with Crippen molar-refractivity contribution in [1.29, 1.82) is 0 Å². The van der Waals surface area contributed by atoms with E-state index in [9.17, 15) is 8.42 Å². The normalized spacial score (nSPS) is 21.4. The lowest BCUT2D eigenvalue weighted by molar-refractivity contribution is 0.423. The topological polar surface area (TPSA) is 72.0 Å². The maximum absolute atomic E-state index is 12.1. The first-order chi connectivity index (χ1) is 8.08. The molecule has 2 heterocycles. The molecule has 1 aliphatic heterocycles. The lowest BCUT2D eigenvalue weighted by Gasteiger charge is -2.22. The molecule has 2 rings (SSSR count). The Kier molecular flexibility index (Phi) is 3.73. The summed E-state index contributed by atoms with van der Waals surface area (Å²) in [5.74, 6) is 0.116. The van der Waals surface area contributed by atoms with Gasteiger partial charge in [0.1, 0.15) is 0 Å². The Morgan fingerprint density at radius 2 is 2.18 bits per heavy atom. The Morgan fingerprint density at radius 3 is 2.76 bits per heavy atom. The third-order valence-corrected chi connectivity index (χ3v) is 4.62. The molecule has 94 valence electrons. The number of nitrogens with zero attached hydrogens (tertiary/aromatic N) is 2. The van der Waals surface area contributed by atoms with E-state index < -0.39 is 9.84 Å². The van der Waals surface area contributed by atoms with Crippen LogP contribution in [0, 0.1) is 6.92 Å². The number of hydrogen-bond donors (Lipinski definition) is 1. The van der Waals surface area contributed by atoms with Crippen LogP contribution >= 0.6 is 0 Å². The molecule has 0 aliphatic carbocycles. The summed E-state index contributed by atoms with van der Waals surface area (Å²) in [5.41, 5.74) is 0.722. The molecular formula is C11H17N3O2S. The molecule has 0 bridgehead atoms. The summed E-state index contributed by atoms with van der Waals surface area (Å²) in [6.45, 7) is 2.69. The highest BCUT2D eigenvalue weighted by molar-refractivity contribution is 7.91. The second kappa shape index (κ2) is 5.10. The van der Waals surface area contributed by atoms with E-state index in [4.69, 9.17) is 0 Å². The van der Waals surface area contributed by atoms with Gasteiger partial charge in [-0.05, 0) is 38.4 Å². The molecule has 1 saturated heterocycles. The van der Waals surface area contributed by atoms with Gasteiger partial charge in [0, 0.05) is 6.04 Å². The van der Waals surface area contributed by atoms with E-state index in [-0.39, 0.29) is 16.8 Å². The van der Waals surface area contributed by atoms with Gasteiger partial charge in [-0.3, -0.25) is 0 Å². The van der Waals surface area contributed by atoms with Crippen LogP contribution in [-0.4, -0.2) is 37.0 Å². The minimum Gasteiger partial charge on any atom is -0.313 e. The van der Waals surface area contributed by atoms with Gasteiger partial charge >= 0.3 is 0 Å². The fraction of sp³-hybridized carbons (Fsp3) is 0.636. The fourth-order valence-corrected chi connectivity index (χ4v) is 3.39. The van der Waals surface area contributed by atoms with Crippen molar-refractivity contribution in [2.75, 3.05) is 12.3 Å². The molecular weight excluding hydrogens is 238 g/mol. The zero-order valence-electron chi connectivity index (χ0n) is 9.89. The third kappa shape index (κ3) is 3.23. The molecule has 1 atom stereocenters. The average Bonchev–Trinajstić information content (AvgIpc) is 2.30. The van der Waals surface area contributed by atoms with Crippen LogP contribution in [0.3, 0.4) is 0 Å². The van der Waals surface area contributed by atoms with Crippen molar-refractivity contribution in [3.8, 4) is 0 Å². The van der Waals surface area contributed by atoms with Crippen molar-refractivity contribution in [2.45, 2.75) is 37.3 Å². The van der Waals surface area contributed by atoms with Crippen molar-refractivity contribution in [2.24, 2.45) is 0 Å². The summed E-state index contributed by atoms with van der Waals surface area (Å²) in [5, 5.41) is 10.8. The SMILES string of the molecule is Cc1ccc(S(=O)(=O)C[C@H]2CCCCN2)nn1. The largest absolute Gasteiger partial charge is 0.313 e. The van der Waals surface area contributed by atoms with Crippen LogP contribution in [0.15, 0.2) is 17.2 Å². The molecule has 17 heavy (non-hydrogen) atoms. The van der Waals surface area contributed by atoms with Gasteiger partial charge in [0.15, 0.2) is 14.9 Å². The minimum atomic E-state index is -3.31. The third-order valence-electron chi connectivity index (χ3n) is 2.93. The lowest BCUT2D eigenvalue weighted by Crippen LogP contribution is -2.39. The summed E-state index contributed by atoms with van der Waals surface area (Å²) in [6.07, 6.45) is 3.13. The number of rotatable bonds is 3. The number of sulfone groups is 1. The van der Waals surface area contributed by atoms with Crippen molar-refractivity contribution in [3.63, 3.8) is 0 Å². The zero-order chi connectivity index (χ0) is 12.3. The average molecular weight is 255 g/mol. The van der Waals surface area contributed by atoms with Crippen LogP contribution in [0.2, 0.25) is 0 Å². The summed E-state index contributed by atoms with van der Waals surface area (Å²) in [7, 11) is -3.31. The van der Waals surface area contributed by atoms with Crippen molar-refractivity contribution >= 4 is 9.84 Å². The molecule has 0 unspecified atom stereocenters.